The molecular weight excluding hydrogens is 409 g/mol. The SMILES string of the molecule is O=C1CS[C@H](c2cn(-c3ccccc3)nc2-c2ccc(F)cc2)N1Cc1ccccc1. The molecule has 1 atom stereocenters. The van der Waals surface area contributed by atoms with E-state index >= 15 is 0 Å². The van der Waals surface area contributed by atoms with Crippen molar-refractivity contribution in [1.82, 2.24) is 14.7 Å². The Morgan fingerprint density at radius 3 is 2.32 bits per heavy atom. The van der Waals surface area contributed by atoms with Crippen molar-refractivity contribution in [2.75, 3.05) is 5.75 Å². The summed E-state index contributed by atoms with van der Waals surface area (Å²) < 4.78 is 15.4. The number of halogens is 1. The number of nitrogens with zero attached hydrogens (tertiary/aromatic N) is 3. The summed E-state index contributed by atoms with van der Waals surface area (Å²) in [6.45, 7) is 0.538. The molecule has 0 aliphatic carbocycles. The van der Waals surface area contributed by atoms with Crippen LogP contribution in [0.5, 0.6) is 0 Å². The molecule has 1 aliphatic heterocycles. The van der Waals surface area contributed by atoms with Crippen LogP contribution in [0.3, 0.4) is 0 Å². The van der Waals surface area contributed by atoms with Gasteiger partial charge in [-0.1, -0.05) is 48.5 Å². The summed E-state index contributed by atoms with van der Waals surface area (Å²) in [5.74, 6) is 0.247. The molecule has 0 N–H and O–H groups in total. The number of rotatable bonds is 5. The van der Waals surface area contributed by atoms with E-state index in [2.05, 4.69) is 0 Å². The number of hydrogen-bond donors (Lipinski definition) is 0. The van der Waals surface area contributed by atoms with Gasteiger partial charge in [0.05, 0.1) is 17.1 Å². The van der Waals surface area contributed by atoms with Crippen LogP contribution >= 0.6 is 11.8 Å². The van der Waals surface area contributed by atoms with E-state index in [1.807, 2.05) is 76.4 Å². The van der Waals surface area contributed by atoms with Crippen LogP contribution in [0.1, 0.15) is 16.5 Å². The molecule has 4 aromatic rings. The number of para-hydroxylation sites is 1. The lowest BCUT2D eigenvalue weighted by Gasteiger charge is -2.24. The van der Waals surface area contributed by atoms with Crippen LogP contribution in [0.15, 0.2) is 91.1 Å². The predicted octanol–water partition coefficient (Wildman–Crippen LogP) is 5.45. The summed E-state index contributed by atoms with van der Waals surface area (Å²) in [7, 11) is 0. The lowest BCUT2D eigenvalue weighted by atomic mass is 10.1. The molecule has 0 saturated carbocycles. The highest BCUT2D eigenvalue weighted by atomic mass is 32.2. The summed E-state index contributed by atoms with van der Waals surface area (Å²) in [6.07, 6.45) is 1.99. The Balaban J connectivity index is 1.58. The largest absolute Gasteiger partial charge is 0.321 e. The van der Waals surface area contributed by atoms with Gasteiger partial charge in [-0.3, -0.25) is 4.79 Å². The van der Waals surface area contributed by atoms with Crippen LogP contribution in [-0.4, -0.2) is 26.3 Å². The van der Waals surface area contributed by atoms with Crippen molar-refractivity contribution >= 4 is 17.7 Å². The van der Waals surface area contributed by atoms with E-state index in [-0.39, 0.29) is 17.1 Å². The maximum absolute atomic E-state index is 13.5. The van der Waals surface area contributed by atoms with E-state index < -0.39 is 0 Å². The number of thioether (sulfide) groups is 1. The van der Waals surface area contributed by atoms with Crippen molar-refractivity contribution in [3.63, 3.8) is 0 Å². The molecule has 5 rings (SSSR count). The van der Waals surface area contributed by atoms with E-state index in [9.17, 15) is 9.18 Å². The molecule has 31 heavy (non-hydrogen) atoms. The smallest absolute Gasteiger partial charge is 0.234 e. The minimum atomic E-state index is -0.288. The van der Waals surface area contributed by atoms with Gasteiger partial charge in [0.1, 0.15) is 11.2 Å². The molecular formula is C25H20FN3OS. The number of hydrogen-bond acceptors (Lipinski definition) is 3. The number of benzene rings is 3. The van der Waals surface area contributed by atoms with Crippen LogP contribution < -0.4 is 0 Å². The molecule has 3 aromatic carbocycles. The number of amides is 1. The minimum Gasteiger partial charge on any atom is -0.321 e. The lowest BCUT2D eigenvalue weighted by molar-refractivity contribution is -0.128. The van der Waals surface area contributed by atoms with Crippen molar-refractivity contribution in [3.05, 3.63) is 108 Å². The fourth-order valence-corrected chi connectivity index (χ4v) is 4.97. The van der Waals surface area contributed by atoms with E-state index in [0.29, 0.717) is 12.3 Å². The Kier molecular flexibility index (Phi) is 5.30. The number of carbonyl (C=O) groups excluding carboxylic acids is 1. The van der Waals surface area contributed by atoms with E-state index in [0.717, 1.165) is 28.1 Å². The highest BCUT2D eigenvalue weighted by Gasteiger charge is 2.35. The highest BCUT2D eigenvalue weighted by Crippen LogP contribution is 2.43. The zero-order valence-corrected chi connectivity index (χ0v) is 17.5. The first kappa shape index (κ1) is 19.6. The molecule has 1 fully saturated rings. The average molecular weight is 430 g/mol. The Labute approximate surface area is 184 Å². The second-order valence-corrected chi connectivity index (χ2v) is 8.46. The molecule has 1 saturated heterocycles. The molecule has 0 spiro atoms. The zero-order valence-electron chi connectivity index (χ0n) is 16.7. The fourth-order valence-electron chi connectivity index (χ4n) is 3.78. The quantitative estimate of drug-likeness (QED) is 0.423. The minimum absolute atomic E-state index is 0.108. The second kappa shape index (κ2) is 8.40. The van der Waals surface area contributed by atoms with Crippen LogP contribution in [0, 0.1) is 5.82 Å². The summed E-state index contributed by atoms with van der Waals surface area (Å²) in [4.78, 5) is 14.7. The molecule has 0 radical (unpaired) electrons. The van der Waals surface area contributed by atoms with Gasteiger partial charge in [-0.05, 0) is 42.0 Å². The van der Waals surface area contributed by atoms with Gasteiger partial charge in [0.25, 0.3) is 0 Å². The van der Waals surface area contributed by atoms with Crippen molar-refractivity contribution in [2.24, 2.45) is 0 Å². The molecule has 6 heteroatoms. The van der Waals surface area contributed by atoms with Gasteiger partial charge in [-0.15, -0.1) is 11.8 Å². The monoisotopic (exact) mass is 429 g/mol. The highest BCUT2D eigenvalue weighted by molar-refractivity contribution is 8.00. The van der Waals surface area contributed by atoms with Crippen molar-refractivity contribution < 1.29 is 9.18 Å². The van der Waals surface area contributed by atoms with E-state index in [4.69, 9.17) is 5.10 Å². The zero-order chi connectivity index (χ0) is 21.2. The summed E-state index contributed by atoms with van der Waals surface area (Å²) in [6, 6.07) is 26.2. The van der Waals surface area contributed by atoms with Crippen LogP contribution in [0.2, 0.25) is 0 Å². The van der Waals surface area contributed by atoms with E-state index in [1.54, 1.807) is 23.9 Å². The molecule has 1 aromatic heterocycles. The van der Waals surface area contributed by atoms with Crippen LogP contribution in [0.25, 0.3) is 16.9 Å². The van der Waals surface area contributed by atoms with Gasteiger partial charge < -0.3 is 4.90 Å². The van der Waals surface area contributed by atoms with Crippen LogP contribution in [0.4, 0.5) is 4.39 Å². The summed E-state index contributed by atoms with van der Waals surface area (Å²) in [5, 5.41) is 4.67. The van der Waals surface area contributed by atoms with Gasteiger partial charge in [-0.25, -0.2) is 9.07 Å². The first-order valence-electron chi connectivity index (χ1n) is 10.0. The molecule has 0 unspecified atom stereocenters. The Morgan fingerprint density at radius 2 is 1.61 bits per heavy atom. The van der Waals surface area contributed by atoms with Crippen molar-refractivity contribution in [3.8, 4) is 16.9 Å². The lowest BCUT2D eigenvalue weighted by Crippen LogP contribution is -2.27. The Morgan fingerprint density at radius 1 is 0.935 bits per heavy atom. The normalized spacial score (nSPS) is 16.1. The maximum Gasteiger partial charge on any atom is 0.234 e. The van der Waals surface area contributed by atoms with Gasteiger partial charge in [0, 0.05) is 23.9 Å². The first-order chi connectivity index (χ1) is 15.2. The molecule has 0 bridgehead atoms. The third-order valence-electron chi connectivity index (χ3n) is 5.31. The third-order valence-corrected chi connectivity index (χ3v) is 6.55. The molecule has 4 nitrogen and oxygen atoms in total. The van der Waals surface area contributed by atoms with Crippen molar-refractivity contribution in [2.45, 2.75) is 11.9 Å². The van der Waals surface area contributed by atoms with Gasteiger partial charge in [0.15, 0.2) is 0 Å². The fraction of sp³-hybridized carbons (Fsp3) is 0.120. The standard InChI is InChI=1S/C25H20FN3OS/c26-20-13-11-19(12-14-20)24-22(16-29(27-24)21-9-5-2-6-10-21)25-28(23(30)17-31-25)15-18-7-3-1-4-8-18/h1-14,16,25H,15,17H2/t25-/m1/s1. The molecule has 2 heterocycles. The first-order valence-corrected chi connectivity index (χ1v) is 11.1. The Hall–Kier alpha value is -3.38. The Bertz CT molecular complexity index is 1190. The predicted molar refractivity (Wildman–Crippen MR) is 121 cm³/mol. The second-order valence-electron chi connectivity index (χ2n) is 7.39. The van der Waals surface area contributed by atoms with Crippen molar-refractivity contribution in [1.29, 1.82) is 0 Å². The van der Waals surface area contributed by atoms with Gasteiger partial charge in [0.2, 0.25) is 5.91 Å². The topological polar surface area (TPSA) is 38.1 Å². The van der Waals surface area contributed by atoms with Crippen LogP contribution in [-0.2, 0) is 11.3 Å². The van der Waals surface area contributed by atoms with Gasteiger partial charge in [-0.2, -0.15) is 5.10 Å². The summed E-state index contributed by atoms with van der Waals surface area (Å²) in [5.41, 5.74) is 4.55. The number of carbonyl (C=O) groups is 1. The third kappa shape index (κ3) is 3.99. The maximum atomic E-state index is 13.5. The van der Waals surface area contributed by atoms with E-state index in [1.165, 1.54) is 12.1 Å². The number of aromatic nitrogens is 2. The summed E-state index contributed by atoms with van der Waals surface area (Å²) >= 11 is 1.60. The van der Waals surface area contributed by atoms with Gasteiger partial charge >= 0.3 is 0 Å². The molecule has 1 amide bonds. The molecule has 154 valence electrons. The average Bonchev–Trinajstić information content (AvgIpc) is 3.40. The molecule has 1 aliphatic rings.